The molecule has 0 heterocycles. The summed E-state index contributed by atoms with van der Waals surface area (Å²) >= 11 is 5.71. The van der Waals surface area contributed by atoms with Crippen LogP contribution in [-0.4, -0.2) is 29.3 Å². The standard InChI is InChI=1S/C16H24ClNO/c1-13(2)18(11-5-10-17)16(19)9-8-15-7-4-6-14(3)12-15/h4,6-7,12-13H,5,8-11H2,1-3H3. The first-order valence-electron chi connectivity index (χ1n) is 6.95. The van der Waals surface area contributed by atoms with Crippen LogP contribution in [0.4, 0.5) is 0 Å². The Morgan fingerprint density at radius 1 is 1.37 bits per heavy atom. The van der Waals surface area contributed by atoms with E-state index < -0.39 is 0 Å². The minimum atomic E-state index is 0.224. The quantitative estimate of drug-likeness (QED) is 0.696. The fraction of sp³-hybridized carbons (Fsp3) is 0.562. The van der Waals surface area contributed by atoms with Gasteiger partial charge in [-0.05, 0) is 39.2 Å². The van der Waals surface area contributed by atoms with Crippen LogP contribution in [-0.2, 0) is 11.2 Å². The second-order valence-electron chi connectivity index (χ2n) is 5.21. The first-order valence-corrected chi connectivity index (χ1v) is 7.49. The molecular weight excluding hydrogens is 258 g/mol. The van der Waals surface area contributed by atoms with E-state index in [2.05, 4.69) is 39.0 Å². The minimum absolute atomic E-state index is 0.224. The van der Waals surface area contributed by atoms with Crippen molar-refractivity contribution in [2.75, 3.05) is 12.4 Å². The van der Waals surface area contributed by atoms with E-state index in [4.69, 9.17) is 11.6 Å². The third kappa shape index (κ3) is 5.65. The zero-order valence-electron chi connectivity index (χ0n) is 12.2. The first kappa shape index (κ1) is 16.0. The molecular formula is C16H24ClNO. The molecule has 1 aromatic carbocycles. The maximum Gasteiger partial charge on any atom is 0.223 e. The van der Waals surface area contributed by atoms with Gasteiger partial charge in [0.2, 0.25) is 5.91 Å². The molecule has 1 amide bonds. The van der Waals surface area contributed by atoms with Crippen LogP contribution in [0, 0.1) is 6.92 Å². The van der Waals surface area contributed by atoms with E-state index in [-0.39, 0.29) is 11.9 Å². The second-order valence-corrected chi connectivity index (χ2v) is 5.59. The number of aryl methyl sites for hydroxylation is 2. The monoisotopic (exact) mass is 281 g/mol. The lowest BCUT2D eigenvalue weighted by Crippen LogP contribution is -2.38. The Bertz CT molecular complexity index is 403. The van der Waals surface area contributed by atoms with Gasteiger partial charge in [-0.15, -0.1) is 11.6 Å². The largest absolute Gasteiger partial charge is 0.340 e. The van der Waals surface area contributed by atoms with Crippen molar-refractivity contribution >= 4 is 17.5 Å². The summed E-state index contributed by atoms with van der Waals surface area (Å²) in [6, 6.07) is 8.59. The van der Waals surface area contributed by atoms with Gasteiger partial charge < -0.3 is 4.90 Å². The molecule has 0 bridgehead atoms. The van der Waals surface area contributed by atoms with E-state index >= 15 is 0 Å². The van der Waals surface area contributed by atoms with Crippen LogP contribution in [0.1, 0.15) is 37.8 Å². The number of benzene rings is 1. The van der Waals surface area contributed by atoms with Gasteiger partial charge in [0.15, 0.2) is 0 Å². The Hall–Kier alpha value is -1.02. The maximum absolute atomic E-state index is 12.2. The van der Waals surface area contributed by atoms with Gasteiger partial charge in [0, 0.05) is 24.9 Å². The minimum Gasteiger partial charge on any atom is -0.340 e. The molecule has 0 radical (unpaired) electrons. The number of carbonyl (C=O) groups is 1. The summed E-state index contributed by atoms with van der Waals surface area (Å²) < 4.78 is 0. The van der Waals surface area contributed by atoms with Gasteiger partial charge in [-0.1, -0.05) is 29.8 Å². The van der Waals surface area contributed by atoms with Crippen molar-refractivity contribution in [3.8, 4) is 0 Å². The Morgan fingerprint density at radius 2 is 2.11 bits per heavy atom. The number of halogens is 1. The third-order valence-electron chi connectivity index (χ3n) is 3.19. The summed E-state index contributed by atoms with van der Waals surface area (Å²) in [5.74, 6) is 0.829. The van der Waals surface area contributed by atoms with Crippen LogP contribution in [0.25, 0.3) is 0 Å². The molecule has 0 aliphatic carbocycles. The Balaban J connectivity index is 2.52. The van der Waals surface area contributed by atoms with E-state index in [1.165, 1.54) is 11.1 Å². The number of carbonyl (C=O) groups excluding carboxylic acids is 1. The highest BCUT2D eigenvalue weighted by Crippen LogP contribution is 2.10. The first-order chi connectivity index (χ1) is 9.04. The number of amides is 1. The van der Waals surface area contributed by atoms with E-state index in [1.807, 2.05) is 11.0 Å². The van der Waals surface area contributed by atoms with Gasteiger partial charge in [-0.2, -0.15) is 0 Å². The molecule has 1 aromatic rings. The van der Waals surface area contributed by atoms with Crippen molar-refractivity contribution < 1.29 is 4.79 Å². The van der Waals surface area contributed by atoms with Crippen molar-refractivity contribution in [2.45, 2.75) is 46.1 Å². The SMILES string of the molecule is Cc1cccc(CCC(=O)N(CCCCl)C(C)C)c1. The molecule has 19 heavy (non-hydrogen) atoms. The van der Waals surface area contributed by atoms with E-state index in [9.17, 15) is 4.79 Å². The van der Waals surface area contributed by atoms with Gasteiger partial charge in [-0.3, -0.25) is 4.79 Å². The van der Waals surface area contributed by atoms with Crippen LogP contribution < -0.4 is 0 Å². The Labute approximate surface area is 121 Å². The number of nitrogens with zero attached hydrogens (tertiary/aromatic N) is 1. The summed E-state index contributed by atoms with van der Waals surface area (Å²) in [6.45, 7) is 6.94. The molecule has 0 unspecified atom stereocenters. The molecule has 106 valence electrons. The van der Waals surface area contributed by atoms with Gasteiger partial charge in [0.25, 0.3) is 0 Å². The van der Waals surface area contributed by atoms with Gasteiger partial charge >= 0.3 is 0 Å². The molecule has 0 aromatic heterocycles. The van der Waals surface area contributed by atoms with Crippen LogP contribution >= 0.6 is 11.6 Å². The number of hydrogen-bond acceptors (Lipinski definition) is 1. The van der Waals surface area contributed by atoms with Gasteiger partial charge in [-0.25, -0.2) is 0 Å². The summed E-state index contributed by atoms with van der Waals surface area (Å²) in [7, 11) is 0. The summed E-state index contributed by atoms with van der Waals surface area (Å²) in [6.07, 6.45) is 2.24. The van der Waals surface area contributed by atoms with Gasteiger partial charge in [0.1, 0.15) is 0 Å². The van der Waals surface area contributed by atoms with Crippen molar-refractivity contribution in [1.29, 1.82) is 0 Å². The fourth-order valence-corrected chi connectivity index (χ4v) is 2.28. The van der Waals surface area contributed by atoms with Crippen LogP contribution in [0.5, 0.6) is 0 Å². The zero-order chi connectivity index (χ0) is 14.3. The summed E-state index contributed by atoms with van der Waals surface area (Å²) in [5.41, 5.74) is 2.47. The highest BCUT2D eigenvalue weighted by molar-refractivity contribution is 6.17. The van der Waals surface area contributed by atoms with Gasteiger partial charge in [0.05, 0.1) is 0 Å². The normalized spacial score (nSPS) is 10.8. The predicted molar refractivity (Wildman–Crippen MR) is 81.7 cm³/mol. The molecule has 1 rings (SSSR count). The predicted octanol–water partition coefficient (Wildman–Crippen LogP) is 3.79. The fourth-order valence-electron chi connectivity index (χ4n) is 2.16. The molecule has 0 fully saturated rings. The van der Waals surface area contributed by atoms with Crippen molar-refractivity contribution in [3.63, 3.8) is 0 Å². The molecule has 0 spiro atoms. The van der Waals surface area contributed by atoms with Crippen LogP contribution in [0.2, 0.25) is 0 Å². The average molecular weight is 282 g/mol. The lowest BCUT2D eigenvalue weighted by molar-refractivity contribution is -0.132. The van der Waals surface area contributed by atoms with E-state index in [1.54, 1.807) is 0 Å². The molecule has 0 aliphatic rings. The van der Waals surface area contributed by atoms with Crippen LogP contribution in [0.15, 0.2) is 24.3 Å². The molecule has 0 saturated heterocycles. The van der Waals surface area contributed by atoms with Crippen LogP contribution in [0.3, 0.4) is 0 Å². The zero-order valence-corrected chi connectivity index (χ0v) is 12.9. The third-order valence-corrected chi connectivity index (χ3v) is 3.45. The Morgan fingerprint density at radius 3 is 2.68 bits per heavy atom. The average Bonchev–Trinajstić information content (AvgIpc) is 2.36. The Kier molecular flexibility index (Phi) is 6.93. The molecule has 0 atom stereocenters. The number of rotatable bonds is 7. The molecule has 0 N–H and O–H groups in total. The summed E-state index contributed by atoms with van der Waals surface area (Å²) in [4.78, 5) is 14.2. The molecule has 2 nitrogen and oxygen atoms in total. The summed E-state index contributed by atoms with van der Waals surface area (Å²) in [5, 5.41) is 0. The van der Waals surface area contributed by atoms with Crippen molar-refractivity contribution in [2.24, 2.45) is 0 Å². The van der Waals surface area contributed by atoms with Crippen molar-refractivity contribution in [1.82, 2.24) is 4.90 Å². The molecule has 3 heteroatoms. The topological polar surface area (TPSA) is 20.3 Å². The highest BCUT2D eigenvalue weighted by atomic mass is 35.5. The van der Waals surface area contributed by atoms with Crippen molar-refractivity contribution in [3.05, 3.63) is 35.4 Å². The smallest absolute Gasteiger partial charge is 0.223 e. The van der Waals surface area contributed by atoms with E-state index in [0.717, 1.165) is 19.4 Å². The number of hydrogen-bond donors (Lipinski definition) is 0. The molecule has 0 aliphatic heterocycles. The lowest BCUT2D eigenvalue weighted by Gasteiger charge is -2.26. The molecule has 0 saturated carbocycles. The van der Waals surface area contributed by atoms with E-state index in [0.29, 0.717) is 12.3 Å². The highest BCUT2D eigenvalue weighted by Gasteiger charge is 2.15. The number of alkyl halides is 1. The lowest BCUT2D eigenvalue weighted by atomic mass is 10.1. The second kappa shape index (κ2) is 8.21. The maximum atomic E-state index is 12.2.